The highest BCUT2D eigenvalue weighted by Crippen LogP contribution is 2.30. The van der Waals surface area contributed by atoms with Gasteiger partial charge >= 0.3 is 18.1 Å². The first-order valence-corrected chi connectivity index (χ1v) is 5.21. The van der Waals surface area contributed by atoms with Gasteiger partial charge in [0.25, 0.3) is 0 Å². The molecule has 2 aromatic heterocycles. The van der Waals surface area contributed by atoms with E-state index in [0.717, 1.165) is 11.4 Å². The Kier molecular flexibility index (Phi) is 2.28. The van der Waals surface area contributed by atoms with Crippen molar-refractivity contribution in [3.8, 4) is 0 Å². The fourth-order valence-corrected chi connectivity index (χ4v) is 1.83. The molecule has 1 N–H and O–H groups in total. The van der Waals surface area contributed by atoms with E-state index in [1.54, 1.807) is 11.2 Å². The van der Waals surface area contributed by atoms with Crippen molar-refractivity contribution < 1.29 is 17.6 Å². The number of H-pyrrole nitrogens is 1. The molecule has 0 unspecified atom stereocenters. The van der Waals surface area contributed by atoms with Gasteiger partial charge in [0.1, 0.15) is 0 Å². The lowest BCUT2D eigenvalue weighted by Crippen LogP contribution is -2.30. The van der Waals surface area contributed by atoms with Crippen LogP contribution in [0.25, 0.3) is 0 Å². The number of hydrogen-bond acceptors (Lipinski definition) is 5. The third-order valence-electron chi connectivity index (χ3n) is 2.70. The van der Waals surface area contributed by atoms with Crippen LogP contribution >= 0.6 is 0 Å². The molecule has 3 heterocycles. The summed E-state index contributed by atoms with van der Waals surface area (Å²) in [6.07, 6.45) is -2.42. The molecule has 0 radical (unpaired) electrons. The first kappa shape index (κ1) is 11.1. The molecule has 0 saturated heterocycles. The number of rotatable bonds is 1. The average molecular weight is 259 g/mol. The zero-order valence-electron chi connectivity index (χ0n) is 9.03. The molecular formula is C9H8F3N5O. The summed E-state index contributed by atoms with van der Waals surface area (Å²) >= 11 is 0. The third kappa shape index (κ3) is 1.81. The van der Waals surface area contributed by atoms with E-state index in [4.69, 9.17) is 0 Å². The Morgan fingerprint density at radius 2 is 2.17 bits per heavy atom. The predicted molar refractivity (Wildman–Crippen MR) is 52.6 cm³/mol. The molecule has 0 fully saturated rings. The lowest BCUT2D eigenvalue weighted by molar-refractivity contribution is -0.157. The van der Waals surface area contributed by atoms with Gasteiger partial charge in [-0.2, -0.15) is 13.2 Å². The van der Waals surface area contributed by atoms with Crippen LogP contribution < -0.4 is 4.90 Å². The normalized spacial score (nSPS) is 15.8. The Labute approximate surface area is 98.8 Å². The van der Waals surface area contributed by atoms with Gasteiger partial charge in [-0.15, -0.1) is 5.10 Å². The second-order valence-corrected chi connectivity index (χ2v) is 3.89. The second-order valence-electron chi connectivity index (χ2n) is 3.89. The zero-order chi connectivity index (χ0) is 12.8. The van der Waals surface area contributed by atoms with Gasteiger partial charge in [0.05, 0.1) is 24.3 Å². The van der Waals surface area contributed by atoms with Crippen LogP contribution in [0.4, 0.5) is 19.2 Å². The van der Waals surface area contributed by atoms with E-state index in [-0.39, 0.29) is 6.01 Å². The number of nitrogens with zero attached hydrogens (tertiary/aromatic N) is 4. The first-order valence-electron chi connectivity index (χ1n) is 5.21. The Bertz CT molecular complexity index is 561. The lowest BCUT2D eigenvalue weighted by Gasteiger charge is -2.23. The van der Waals surface area contributed by atoms with Crippen LogP contribution in [-0.2, 0) is 19.1 Å². The van der Waals surface area contributed by atoms with Gasteiger partial charge in [-0.05, 0) is 0 Å². The Morgan fingerprint density at radius 3 is 2.89 bits per heavy atom. The lowest BCUT2D eigenvalue weighted by atomic mass is 10.1. The highest BCUT2D eigenvalue weighted by Gasteiger charge is 2.39. The van der Waals surface area contributed by atoms with Gasteiger partial charge in [0.2, 0.25) is 0 Å². The van der Waals surface area contributed by atoms with Crippen molar-refractivity contribution >= 4 is 6.01 Å². The van der Waals surface area contributed by atoms with E-state index in [1.165, 1.54) is 0 Å². The maximum atomic E-state index is 12.3. The Hall–Kier alpha value is -2.06. The van der Waals surface area contributed by atoms with E-state index < -0.39 is 12.1 Å². The van der Waals surface area contributed by atoms with Gasteiger partial charge in [-0.25, -0.2) is 4.98 Å². The quantitative estimate of drug-likeness (QED) is 0.837. The third-order valence-corrected chi connectivity index (χ3v) is 2.70. The van der Waals surface area contributed by atoms with Crippen LogP contribution in [0.1, 0.15) is 17.3 Å². The maximum absolute atomic E-state index is 12.3. The molecular weight excluding hydrogens is 251 g/mol. The summed E-state index contributed by atoms with van der Waals surface area (Å²) in [5, 5.41) is 6.42. The molecule has 3 rings (SSSR count). The molecule has 0 bridgehead atoms. The molecule has 2 aromatic rings. The second kappa shape index (κ2) is 3.72. The number of halogens is 3. The van der Waals surface area contributed by atoms with E-state index >= 15 is 0 Å². The number of aromatic amines is 1. The van der Waals surface area contributed by atoms with E-state index in [9.17, 15) is 13.2 Å². The molecule has 0 aliphatic carbocycles. The number of alkyl halides is 3. The Morgan fingerprint density at radius 1 is 1.33 bits per heavy atom. The number of aromatic nitrogens is 4. The van der Waals surface area contributed by atoms with Crippen LogP contribution in [0.15, 0.2) is 10.7 Å². The molecule has 1 aliphatic heterocycles. The minimum atomic E-state index is -4.61. The molecule has 18 heavy (non-hydrogen) atoms. The molecule has 96 valence electrons. The van der Waals surface area contributed by atoms with Gasteiger partial charge in [0, 0.05) is 13.0 Å². The van der Waals surface area contributed by atoms with Crippen LogP contribution in [0.2, 0.25) is 0 Å². The fourth-order valence-electron chi connectivity index (χ4n) is 1.83. The number of anilines is 1. The minimum absolute atomic E-state index is 0.123. The summed E-state index contributed by atoms with van der Waals surface area (Å²) in [6, 6.07) is -0.123. The number of imidazole rings is 1. The van der Waals surface area contributed by atoms with Crippen molar-refractivity contribution in [1.82, 2.24) is 20.2 Å². The van der Waals surface area contributed by atoms with Crippen LogP contribution in [-0.4, -0.2) is 26.7 Å². The highest BCUT2D eigenvalue weighted by atomic mass is 19.4. The largest absolute Gasteiger partial charge is 0.470 e. The summed E-state index contributed by atoms with van der Waals surface area (Å²) in [5.41, 5.74) is 1.77. The van der Waals surface area contributed by atoms with Crippen LogP contribution in [0.3, 0.4) is 0 Å². The molecule has 6 nitrogen and oxygen atoms in total. The van der Waals surface area contributed by atoms with Gasteiger partial charge in [-0.3, -0.25) is 0 Å². The summed E-state index contributed by atoms with van der Waals surface area (Å²) in [7, 11) is 0. The van der Waals surface area contributed by atoms with Gasteiger partial charge in [0.15, 0.2) is 0 Å². The maximum Gasteiger partial charge on any atom is 0.470 e. The molecule has 0 saturated carbocycles. The van der Waals surface area contributed by atoms with Crippen LogP contribution in [0, 0.1) is 0 Å². The van der Waals surface area contributed by atoms with Gasteiger partial charge in [-0.1, -0.05) is 5.10 Å². The molecule has 9 heteroatoms. The number of hydrogen-bond donors (Lipinski definition) is 1. The monoisotopic (exact) mass is 259 g/mol. The van der Waals surface area contributed by atoms with Gasteiger partial charge < -0.3 is 14.3 Å². The summed E-state index contributed by atoms with van der Waals surface area (Å²) in [6.45, 7) is 0.881. The molecule has 0 atom stereocenters. The molecule has 1 aliphatic rings. The van der Waals surface area contributed by atoms with Crippen LogP contribution in [0.5, 0.6) is 0 Å². The van der Waals surface area contributed by atoms with Crippen molar-refractivity contribution in [3.63, 3.8) is 0 Å². The standard InChI is InChI=1S/C9H8F3N5O/c10-9(11,12)7-15-16-8(18-7)17-2-1-5-6(3-17)14-4-13-5/h4H,1-3H2,(H,13,14). The summed E-state index contributed by atoms with van der Waals surface area (Å²) in [4.78, 5) is 8.62. The van der Waals surface area contributed by atoms with Crippen molar-refractivity contribution in [2.75, 3.05) is 11.4 Å². The van der Waals surface area contributed by atoms with Crippen molar-refractivity contribution in [2.45, 2.75) is 19.1 Å². The SMILES string of the molecule is FC(F)(F)c1nnc(N2CCc3nc[nH]c3C2)o1. The number of fused-ring (bicyclic) bond motifs is 1. The topological polar surface area (TPSA) is 70.8 Å². The van der Waals surface area contributed by atoms with Crippen molar-refractivity contribution in [1.29, 1.82) is 0 Å². The molecule has 0 aromatic carbocycles. The average Bonchev–Trinajstić information content (AvgIpc) is 2.96. The van der Waals surface area contributed by atoms with Crippen molar-refractivity contribution in [2.24, 2.45) is 0 Å². The zero-order valence-corrected chi connectivity index (χ0v) is 9.03. The van der Waals surface area contributed by atoms with E-state index in [2.05, 4.69) is 24.6 Å². The predicted octanol–water partition coefficient (Wildman–Crippen LogP) is 1.37. The Balaban J connectivity index is 1.83. The highest BCUT2D eigenvalue weighted by molar-refractivity contribution is 5.31. The minimum Gasteiger partial charge on any atom is -0.399 e. The number of nitrogens with one attached hydrogen (secondary N) is 1. The molecule has 0 amide bonds. The fraction of sp³-hybridized carbons (Fsp3) is 0.444. The first-order chi connectivity index (χ1) is 8.54. The smallest absolute Gasteiger partial charge is 0.399 e. The summed E-state index contributed by atoms with van der Waals surface area (Å²) < 4.78 is 41.6. The van der Waals surface area contributed by atoms with E-state index in [1.807, 2.05) is 0 Å². The summed E-state index contributed by atoms with van der Waals surface area (Å²) in [5.74, 6) is -1.33. The van der Waals surface area contributed by atoms with Crippen molar-refractivity contribution in [3.05, 3.63) is 23.6 Å². The molecule has 0 spiro atoms. The van der Waals surface area contributed by atoms with E-state index in [0.29, 0.717) is 19.5 Å².